The Hall–Kier alpha value is -1.65. The molecule has 2 aromatic rings. The van der Waals surface area contributed by atoms with E-state index in [2.05, 4.69) is 21.2 Å². The highest BCUT2D eigenvalue weighted by molar-refractivity contribution is 9.10. The molecule has 0 saturated heterocycles. The molecule has 0 saturated carbocycles. The van der Waals surface area contributed by atoms with Crippen molar-refractivity contribution in [3.63, 3.8) is 0 Å². The summed E-state index contributed by atoms with van der Waals surface area (Å²) in [5, 5.41) is 2.87. The Morgan fingerprint density at radius 2 is 1.75 bits per heavy atom. The number of carbonyl (C=O) groups excluding carboxylic acids is 1. The molecule has 0 unspecified atom stereocenters. The van der Waals surface area contributed by atoms with E-state index in [1.54, 1.807) is 0 Å². The fourth-order valence-corrected chi connectivity index (χ4v) is 2.34. The summed E-state index contributed by atoms with van der Waals surface area (Å²) in [6, 6.07) is 17.1. The van der Waals surface area contributed by atoms with Crippen molar-refractivity contribution in [3.8, 4) is 0 Å². The lowest BCUT2D eigenvalue weighted by molar-refractivity contribution is -0.122. The first-order valence-electron chi connectivity index (χ1n) is 6.47. The highest BCUT2D eigenvalue weighted by atomic mass is 79.9. The zero-order valence-electron chi connectivity index (χ0n) is 11.1. The molecular formula is C16H17BrN2O. The number of halogens is 1. The number of hydrogen-bond acceptors (Lipinski definition) is 2. The number of rotatable bonds is 5. The molecule has 0 fully saturated rings. The average Bonchev–Trinajstić information content (AvgIpc) is 2.47. The van der Waals surface area contributed by atoms with Crippen LogP contribution in [0.3, 0.4) is 0 Å². The van der Waals surface area contributed by atoms with Crippen molar-refractivity contribution in [2.45, 2.75) is 19.0 Å². The molecule has 1 amide bonds. The van der Waals surface area contributed by atoms with Gasteiger partial charge < -0.3 is 11.1 Å². The van der Waals surface area contributed by atoms with Gasteiger partial charge >= 0.3 is 0 Å². The van der Waals surface area contributed by atoms with E-state index in [0.29, 0.717) is 13.0 Å². The predicted octanol–water partition coefficient (Wildman–Crippen LogP) is 2.64. The average molecular weight is 333 g/mol. The standard InChI is InChI=1S/C16H17BrN2O/c17-14-9-5-4-8-13(14)11-19-16(20)15(18)10-12-6-2-1-3-7-12/h1-9,15H,10-11,18H2,(H,19,20)/t15-/m0/s1. The molecule has 1 atom stereocenters. The van der Waals surface area contributed by atoms with Gasteiger partial charge in [-0.15, -0.1) is 0 Å². The normalized spacial score (nSPS) is 11.9. The van der Waals surface area contributed by atoms with Gasteiger partial charge in [0.25, 0.3) is 0 Å². The first kappa shape index (κ1) is 14.8. The van der Waals surface area contributed by atoms with E-state index in [1.807, 2.05) is 54.6 Å². The third kappa shape index (κ3) is 4.18. The first-order valence-corrected chi connectivity index (χ1v) is 7.27. The lowest BCUT2D eigenvalue weighted by atomic mass is 10.1. The molecule has 0 aliphatic carbocycles. The minimum atomic E-state index is -0.528. The Labute approximate surface area is 127 Å². The topological polar surface area (TPSA) is 55.1 Å². The quantitative estimate of drug-likeness (QED) is 0.884. The molecule has 2 aromatic carbocycles. The third-order valence-corrected chi connectivity index (χ3v) is 3.82. The maximum atomic E-state index is 12.0. The predicted molar refractivity (Wildman–Crippen MR) is 84.1 cm³/mol. The van der Waals surface area contributed by atoms with Crippen LogP contribution in [0.2, 0.25) is 0 Å². The zero-order valence-corrected chi connectivity index (χ0v) is 12.6. The van der Waals surface area contributed by atoms with Gasteiger partial charge in [0.05, 0.1) is 6.04 Å². The summed E-state index contributed by atoms with van der Waals surface area (Å²) in [4.78, 5) is 12.0. The Morgan fingerprint density at radius 1 is 1.10 bits per heavy atom. The molecule has 0 radical (unpaired) electrons. The molecule has 2 rings (SSSR count). The third-order valence-electron chi connectivity index (χ3n) is 3.05. The van der Waals surface area contributed by atoms with Crippen molar-refractivity contribution >= 4 is 21.8 Å². The molecule has 3 N–H and O–H groups in total. The molecule has 0 heterocycles. The number of nitrogens with one attached hydrogen (secondary N) is 1. The van der Waals surface area contributed by atoms with E-state index in [1.165, 1.54) is 0 Å². The molecule has 0 spiro atoms. The monoisotopic (exact) mass is 332 g/mol. The summed E-state index contributed by atoms with van der Waals surface area (Å²) in [5.41, 5.74) is 8.03. The van der Waals surface area contributed by atoms with Crippen LogP contribution >= 0.6 is 15.9 Å². The van der Waals surface area contributed by atoms with Gasteiger partial charge in [0.15, 0.2) is 0 Å². The Bertz CT molecular complexity index is 572. The maximum Gasteiger partial charge on any atom is 0.237 e. The van der Waals surface area contributed by atoms with E-state index in [9.17, 15) is 4.79 Å². The highest BCUT2D eigenvalue weighted by Crippen LogP contribution is 2.15. The van der Waals surface area contributed by atoms with Gasteiger partial charge in [0.2, 0.25) is 5.91 Å². The van der Waals surface area contributed by atoms with Crippen molar-refractivity contribution in [1.82, 2.24) is 5.32 Å². The molecule has 3 nitrogen and oxygen atoms in total. The second-order valence-electron chi connectivity index (χ2n) is 4.61. The van der Waals surface area contributed by atoms with Gasteiger partial charge in [-0.05, 0) is 23.6 Å². The van der Waals surface area contributed by atoms with Crippen molar-refractivity contribution in [2.24, 2.45) is 5.73 Å². The molecule has 0 aliphatic heterocycles. The summed E-state index contributed by atoms with van der Waals surface area (Å²) >= 11 is 3.45. The van der Waals surface area contributed by atoms with Crippen LogP contribution in [-0.2, 0) is 17.8 Å². The van der Waals surface area contributed by atoms with E-state index < -0.39 is 6.04 Å². The number of hydrogen-bond donors (Lipinski definition) is 2. The van der Waals surface area contributed by atoms with Crippen molar-refractivity contribution in [3.05, 3.63) is 70.2 Å². The molecule has 104 valence electrons. The lowest BCUT2D eigenvalue weighted by Crippen LogP contribution is -2.41. The van der Waals surface area contributed by atoms with Gasteiger partial charge in [0.1, 0.15) is 0 Å². The van der Waals surface area contributed by atoms with E-state index in [4.69, 9.17) is 5.73 Å². The first-order chi connectivity index (χ1) is 9.66. The number of amides is 1. The molecular weight excluding hydrogens is 316 g/mol. The van der Waals surface area contributed by atoms with Gasteiger partial charge in [-0.3, -0.25) is 4.79 Å². The van der Waals surface area contributed by atoms with Gasteiger partial charge in [-0.1, -0.05) is 64.5 Å². The van der Waals surface area contributed by atoms with Crippen LogP contribution in [0.15, 0.2) is 59.1 Å². The fourth-order valence-electron chi connectivity index (χ4n) is 1.92. The molecule has 0 aliphatic rings. The van der Waals surface area contributed by atoms with Crippen LogP contribution in [0, 0.1) is 0 Å². The maximum absolute atomic E-state index is 12.0. The molecule has 4 heteroatoms. The second-order valence-corrected chi connectivity index (χ2v) is 5.46. The van der Waals surface area contributed by atoms with Crippen LogP contribution in [0.25, 0.3) is 0 Å². The van der Waals surface area contributed by atoms with Crippen molar-refractivity contribution in [2.75, 3.05) is 0 Å². The van der Waals surface area contributed by atoms with E-state index in [-0.39, 0.29) is 5.91 Å². The van der Waals surface area contributed by atoms with Gasteiger partial charge in [-0.25, -0.2) is 0 Å². The summed E-state index contributed by atoms with van der Waals surface area (Å²) in [6.45, 7) is 0.475. The number of benzene rings is 2. The Morgan fingerprint density at radius 3 is 2.45 bits per heavy atom. The Balaban J connectivity index is 1.87. The summed E-state index contributed by atoms with van der Waals surface area (Å²) in [5.74, 6) is -0.135. The van der Waals surface area contributed by atoms with Crippen molar-refractivity contribution in [1.29, 1.82) is 0 Å². The fraction of sp³-hybridized carbons (Fsp3) is 0.188. The summed E-state index contributed by atoms with van der Waals surface area (Å²) < 4.78 is 0.983. The SMILES string of the molecule is N[C@@H](Cc1ccccc1)C(=O)NCc1ccccc1Br. The smallest absolute Gasteiger partial charge is 0.237 e. The highest BCUT2D eigenvalue weighted by Gasteiger charge is 2.13. The van der Waals surface area contributed by atoms with Crippen LogP contribution in [-0.4, -0.2) is 11.9 Å². The molecule has 0 aromatic heterocycles. The second kappa shape index (κ2) is 7.22. The largest absolute Gasteiger partial charge is 0.351 e. The zero-order chi connectivity index (χ0) is 14.4. The minimum Gasteiger partial charge on any atom is -0.351 e. The molecule has 0 bridgehead atoms. The summed E-state index contributed by atoms with van der Waals surface area (Å²) in [6.07, 6.45) is 0.544. The van der Waals surface area contributed by atoms with E-state index >= 15 is 0 Å². The number of nitrogens with two attached hydrogens (primary N) is 1. The van der Waals surface area contributed by atoms with Crippen LogP contribution in [0.4, 0.5) is 0 Å². The summed E-state index contributed by atoms with van der Waals surface area (Å²) in [7, 11) is 0. The Kier molecular flexibility index (Phi) is 5.32. The number of carbonyl (C=O) groups is 1. The van der Waals surface area contributed by atoms with Crippen LogP contribution < -0.4 is 11.1 Å². The van der Waals surface area contributed by atoms with Crippen LogP contribution in [0.5, 0.6) is 0 Å². The van der Waals surface area contributed by atoms with Crippen molar-refractivity contribution < 1.29 is 4.79 Å². The minimum absolute atomic E-state index is 0.135. The van der Waals surface area contributed by atoms with Gasteiger partial charge in [-0.2, -0.15) is 0 Å². The molecule has 20 heavy (non-hydrogen) atoms. The van der Waals surface area contributed by atoms with Gasteiger partial charge in [0, 0.05) is 11.0 Å². The van der Waals surface area contributed by atoms with E-state index in [0.717, 1.165) is 15.6 Å². The lowest BCUT2D eigenvalue weighted by Gasteiger charge is -2.13. The van der Waals surface area contributed by atoms with Crippen LogP contribution in [0.1, 0.15) is 11.1 Å².